The van der Waals surface area contributed by atoms with E-state index in [0.717, 1.165) is 11.3 Å². The Bertz CT molecular complexity index is 1120. The van der Waals surface area contributed by atoms with Crippen molar-refractivity contribution < 1.29 is 23.8 Å². The summed E-state index contributed by atoms with van der Waals surface area (Å²) >= 11 is 1.35. The lowest BCUT2D eigenvalue weighted by molar-refractivity contribution is -0.139. The van der Waals surface area contributed by atoms with Crippen LogP contribution in [0.15, 0.2) is 53.9 Å². The number of aryl methyl sites for hydroxylation is 1. The van der Waals surface area contributed by atoms with Crippen LogP contribution in [0.5, 0.6) is 11.5 Å². The molecular weight excluding hydrogens is 428 g/mol. The van der Waals surface area contributed by atoms with Gasteiger partial charge in [0.15, 0.2) is 11.5 Å². The maximum atomic E-state index is 12.3. The van der Waals surface area contributed by atoms with Crippen molar-refractivity contribution in [2.24, 2.45) is 0 Å². The van der Waals surface area contributed by atoms with Gasteiger partial charge in [0.2, 0.25) is 5.91 Å². The molecule has 3 aromatic rings. The average Bonchev–Trinajstić information content (AvgIpc) is 3.24. The van der Waals surface area contributed by atoms with Gasteiger partial charge in [-0.05, 0) is 30.7 Å². The Morgan fingerprint density at radius 1 is 1.09 bits per heavy atom. The van der Waals surface area contributed by atoms with E-state index in [-0.39, 0.29) is 18.9 Å². The number of para-hydroxylation sites is 2. The van der Waals surface area contributed by atoms with Gasteiger partial charge in [-0.25, -0.2) is 9.78 Å². The highest BCUT2D eigenvalue weighted by atomic mass is 32.1. The van der Waals surface area contributed by atoms with Crippen LogP contribution in [0.25, 0.3) is 6.08 Å². The second-order valence-corrected chi connectivity index (χ2v) is 7.74. The molecule has 1 amide bonds. The van der Waals surface area contributed by atoms with Gasteiger partial charge in [-0.2, -0.15) is 0 Å². The fraction of sp³-hybridized carbons (Fsp3) is 0.208. The second kappa shape index (κ2) is 11.1. The highest BCUT2D eigenvalue weighted by Gasteiger charge is 2.11. The van der Waals surface area contributed by atoms with Crippen molar-refractivity contribution in [3.05, 3.63) is 75.7 Å². The van der Waals surface area contributed by atoms with E-state index in [4.69, 9.17) is 14.2 Å². The number of ether oxygens (including phenoxy) is 3. The molecule has 0 aliphatic heterocycles. The Hall–Kier alpha value is -3.65. The molecule has 3 rings (SSSR count). The number of anilines is 1. The van der Waals surface area contributed by atoms with Gasteiger partial charge in [0.1, 0.15) is 11.6 Å². The van der Waals surface area contributed by atoms with Gasteiger partial charge in [-0.15, -0.1) is 11.3 Å². The molecule has 0 saturated carbocycles. The van der Waals surface area contributed by atoms with Crippen LogP contribution < -0.4 is 14.8 Å². The highest BCUT2D eigenvalue weighted by Crippen LogP contribution is 2.31. The Labute approximate surface area is 190 Å². The van der Waals surface area contributed by atoms with Crippen LogP contribution in [0.1, 0.15) is 21.8 Å². The van der Waals surface area contributed by atoms with Crippen molar-refractivity contribution in [1.82, 2.24) is 4.98 Å². The number of aromatic nitrogens is 1. The Balaban J connectivity index is 1.52. The number of hydrogen-bond acceptors (Lipinski definition) is 7. The highest BCUT2D eigenvalue weighted by molar-refractivity contribution is 7.09. The molecule has 0 aliphatic carbocycles. The number of carbonyl (C=O) groups is 2. The van der Waals surface area contributed by atoms with Crippen molar-refractivity contribution in [2.45, 2.75) is 20.0 Å². The molecule has 0 saturated heterocycles. The minimum atomic E-state index is -0.512. The van der Waals surface area contributed by atoms with Gasteiger partial charge < -0.3 is 19.5 Å². The van der Waals surface area contributed by atoms with E-state index in [1.807, 2.05) is 31.2 Å². The van der Waals surface area contributed by atoms with E-state index in [1.54, 1.807) is 36.8 Å². The predicted molar refractivity (Wildman–Crippen MR) is 124 cm³/mol. The lowest BCUT2D eigenvalue weighted by atomic mass is 10.1. The van der Waals surface area contributed by atoms with E-state index in [0.29, 0.717) is 27.8 Å². The number of benzene rings is 2. The van der Waals surface area contributed by atoms with Gasteiger partial charge in [0.05, 0.1) is 26.3 Å². The summed E-state index contributed by atoms with van der Waals surface area (Å²) in [7, 11) is 3.09. The van der Waals surface area contributed by atoms with Gasteiger partial charge in [0.25, 0.3) is 0 Å². The molecule has 0 spiro atoms. The molecule has 1 aromatic heterocycles. The summed E-state index contributed by atoms with van der Waals surface area (Å²) in [6.07, 6.45) is 3.08. The Morgan fingerprint density at radius 3 is 2.66 bits per heavy atom. The average molecular weight is 453 g/mol. The first-order valence-electron chi connectivity index (χ1n) is 9.84. The molecule has 0 atom stereocenters. The third kappa shape index (κ3) is 6.18. The van der Waals surface area contributed by atoms with Crippen LogP contribution in [-0.4, -0.2) is 31.1 Å². The van der Waals surface area contributed by atoms with Crippen LogP contribution in [0, 0.1) is 6.92 Å². The molecule has 0 unspecified atom stereocenters. The van der Waals surface area contributed by atoms with Gasteiger partial charge in [-0.3, -0.25) is 4.79 Å². The minimum Gasteiger partial charge on any atom is -0.493 e. The number of esters is 1. The van der Waals surface area contributed by atoms with Crippen molar-refractivity contribution >= 4 is 35.0 Å². The van der Waals surface area contributed by atoms with Gasteiger partial charge in [-0.1, -0.05) is 30.3 Å². The van der Waals surface area contributed by atoms with Crippen molar-refractivity contribution in [2.75, 3.05) is 19.5 Å². The first-order valence-corrected chi connectivity index (χ1v) is 10.7. The van der Waals surface area contributed by atoms with Crippen LogP contribution in [-0.2, 0) is 27.4 Å². The molecule has 1 N–H and O–H groups in total. The number of nitrogens with one attached hydrogen (secondary N) is 1. The van der Waals surface area contributed by atoms with E-state index in [9.17, 15) is 9.59 Å². The topological polar surface area (TPSA) is 86.8 Å². The van der Waals surface area contributed by atoms with Crippen LogP contribution >= 0.6 is 11.3 Å². The zero-order valence-corrected chi connectivity index (χ0v) is 18.9. The Kier molecular flexibility index (Phi) is 7.99. The normalized spacial score (nSPS) is 10.7. The molecule has 2 aromatic carbocycles. The molecule has 7 nitrogen and oxygen atoms in total. The summed E-state index contributed by atoms with van der Waals surface area (Å²) < 4.78 is 15.8. The first kappa shape index (κ1) is 23.0. The van der Waals surface area contributed by atoms with E-state index < -0.39 is 5.97 Å². The largest absolute Gasteiger partial charge is 0.493 e. The number of thiazole rings is 1. The number of amides is 1. The number of nitrogens with zero attached hydrogens (tertiary/aromatic N) is 1. The molecule has 0 aliphatic rings. The summed E-state index contributed by atoms with van der Waals surface area (Å²) in [5.41, 5.74) is 3.06. The fourth-order valence-electron chi connectivity index (χ4n) is 2.94. The summed E-state index contributed by atoms with van der Waals surface area (Å²) in [6, 6.07) is 13.0. The third-order valence-electron chi connectivity index (χ3n) is 4.52. The zero-order valence-electron chi connectivity index (χ0n) is 18.1. The molecule has 32 heavy (non-hydrogen) atoms. The molecule has 0 fully saturated rings. The SMILES string of the molecule is COc1cccc(/C=C/C(=O)OCc2csc(CC(=O)Nc3ccccc3C)n2)c1OC. The first-order chi connectivity index (χ1) is 15.5. The van der Waals surface area contributed by atoms with Crippen LogP contribution in [0.3, 0.4) is 0 Å². The molecule has 0 radical (unpaired) electrons. The van der Waals surface area contributed by atoms with Crippen molar-refractivity contribution in [1.29, 1.82) is 0 Å². The molecule has 166 valence electrons. The Morgan fingerprint density at radius 2 is 1.91 bits per heavy atom. The van der Waals surface area contributed by atoms with Crippen LogP contribution in [0.4, 0.5) is 5.69 Å². The van der Waals surface area contributed by atoms with Gasteiger partial charge in [0, 0.05) is 22.7 Å². The monoisotopic (exact) mass is 452 g/mol. The smallest absolute Gasteiger partial charge is 0.331 e. The van der Waals surface area contributed by atoms with E-state index in [1.165, 1.54) is 24.5 Å². The maximum Gasteiger partial charge on any atom is 0.331 e. The maximum absolute atomic E-state index is 12.3. The summed E-state index contributed by atoms with van der Waals surface area (Å²) in [4.78, 5) is 28.7. The quantitative estimate of drug-likeness (QED) is 0.382. The summed E-state index contributed by atoms with van der Waals surface area (Å²) in [6.45, 7) is 1.96. The second-order valence-electron chi connectivity index (χ2n) is 6.80. The predicted octanol–water partition coefficient (Wildman–Crippen LogP) is 4.41. The molecule has 8 heteroatoms. The fourth-order valence-corrected chi connectivity index (χ4v) is 3.71. The standard InChI is InChI=1S/C24H24N2O5S/c1-16-7-4-5-9-19(16)26-21(27)13-22-25-18(15-32-22)14-31-23(28)12-11-17-8-6-10-20(29-2)24(17)30-3/h4-12,15H,13-14H2,1-3H3,(H,26,27)/b12-11+. The summed E-state index contributed by atoms with van der Waals surface area (Å²) in [5, 5.41) is 5.31. The van der Waals surface area contributed by atoms with E-state index in [2.05, 4.69) is 10.3 Å². The van der Waals surface area contributed by atoms with Gasteiger partial charge >= 0.3 is 5.97 Å². The molecular formula is C24H24N2O5S. The molecule has 1 heterocycles. The summed E-state index contributed by atoms with van der Waals surface area (Å²) in [5.74, 6) is 0.450. The van der Waals surface area contributed by atoms with Crippen molar-refractivity contribution in [3.8, 4) is 11.5 Å². The van der Waals surface area contributed by atoms with Crippen LogP contribution in [0.2, 0.25) is 0 Å². The lowest BCUT2D eigenvalue weighted by Gasteiger charge is -2.09. The lowest BCUT2D eigenvalue weighted by Crippen LogP contribution is -2.15. The third-order valence-corrected chi connectivity index (χ3v) is 5.42. The minimum absolute atomic E-state index is 0.0222. The molecule has 0 bridgehead atoms. The van der Waals surface area contributed by atoms with E-state index >= 15 is 0 Å². The number of rotatable bonds is 9. The number of methoxy groups -OCH3 is 2. The zero-order chi connectivity index (χ0) is 22.9. The number of carbonyl (C=O) groups excluding carboxylic acids is 2. The number of hydrogen-bond donors (Lipinski definition) is 1. The van der Waals surface area contributed by atoms with Crippen molar-refractivity contribution in [3.63, 3.8) is 0 Å².